The molecule has 1 fully saturated rings. The van der Waals surface area contributed by atoms with Crippen LogP contribution in [0.3, 0.4) is 0 Å². The molecule has 0 amide bonds. The molecule has 5 rings (SSSR count). The van der Waals surface area contributed by atoms with Gasteiger partial charge in [-0.3, -0.25) is 0 Å². The summed E-state index contributed by atoms with van der Waals surface area (Å²) >= 11 is 0. The van der Waals surface area contributed by atoms with Crippen LogP contribution in [0.15, 0.2) is 103 Å². The van der Waals surface area contributed by atoms with E-state index in [1.807, 2.05) is 37.3 Å². The first-order chi connectivity index (χ1) is 23.2. The molecule has 48 heavy (non-hydrogen) atoms. The molecule has 6 N–H and O–H groups in total. The average Bonchev–Trinajstić information content (AvgIpc) is 3.09. The molecular weight excluding hydrogens is 626 g/mol. The van der Waals surface area contributed by atoms with Crippen LogP contribution in [0, 0.1) is 15.6 Å². The fourth-order valence-corrected chi connectivity index (χ4v) is 5.26. The number of nitrogens with one attached hydrogen (secondary N) is 3. The molecule has 0 aromatic heterocycles. The van der Waals surface area contributed by atoms with Gasteiger partial charge in [0.2, 0.25) is 0 Å². The summed E-state index contributed by atoms with van der Waals surface area (Å²) in [6, 6.07) is 28.7. The highest BCUT2D eigenvalue weighted by Crippen LogP contribution is 2.31. The summed E-state index contributed by atoms with van der Waals surface area (Å²) < 4.78 is 32.0. The Labute approximate surface area is 277 Å². The Morgan fingerprint density at radius 3 is 1.27 bits per heavy atom. The SMILES string of the molecule is CC1OC(OCc2ccc([NH+]([O-])O)cc2)C(OCc2ccccc2)C(OCc2ccc([NH+]([O-])O)cc2)C1OCc1ccc([NH+]([O-])O)cc1. The van der Waals surface area contributed by atoms with Gasteiger partial charge in [-0.2, -0.15) is 15.7 Å². The Bertz CT molecular complexity index is 1530. The first kappa shape index (κ1) is 35.6. The molecule has 8 atom stereocenters. The Morgan fingerprint density at radius 1 is 0.500 bits per heavy atom. The number of benzene rings is 4. The number of hydrogen-bond acceptors (Lipinski definition) is 11. The minimum absolute atomic E-state index is 0.104. The molecule has 256 valence electrons. The van der Waals surface area contributed by atoms with Crippen LogP contribution in [0.2, 0.25) is 0 Å². The molecule has 1 aliphatic heterocycles. The summed E-state index contributed by atoms with van der Waals surface area (Å²) in [5.74, 6) is 0. The van der Waals surface area contributed by atoms with Crippen molar-refractivity contribution in [3.05, 3.63) is 141 Å². The monoisotopic (exact) mass is 665 g/mol. The molecule has 0 spiro atoms. The zero-order chi connectivity index (χ0) is 34.0. The molecule has 0 radical (unpaired) electrons. The van der Waals surface area contributed by atoms with Gasteiger partial charge < -0.3 is 39.3 Å². The van der Waals surface area contributed by atoms with Crippen LogP contribution in [-0.2, 0) is 50.1 Å². The van der Waals surface area contributed by atoms with Crippen LogP contribution in [0.25, 0.3) is 0 Å². The van der Waals surface area contributed by atoms with Crippen molar-refractivity contribution >= 4 is 17.1 Å². The van der Waals surface area contributed by atoms with Gasteiger partial charge in [-0.15, -0.1) is 0 Å². The third-order valence-corrected chi connectivity index (χ3v) is 7.91. The Kier molecular flexibility index (Phi) is 12.7. The highest BCUT2D eigenvalue weighted by Gasteiger charge is 2.47. The van der Waals surface area contributed by atoms with Gasteiger partial charge >= 0.3 is 0 Å². The van der Waals surface area contributed by atoms with Crippen molar-refractivity contribution in [1.82, 2.24) is 0 Å². The number of ether oxygens (including phenoxy) is 5. The summed E-state index contributed by atoms with van der Waals surface area (Å²) in [6.07, 6.45) is -3.62. The molecule has 0 aliphatic carbocycles. The summed E-state index contributed by atoms with van der Waals surface area (Å²) in [5, 5.41) is 58.7. The van der Waals surface area contributed by atoms with E-state index < -0.39 is 46.4 Å². The Morgan fingerprint density at radius 2 is 0.854 bits per heavy atom. The maximum absolute atomic E-state index is 11.4. The van der Waals surface area contributed by atoms with E-state index >= 15 is 0 Å². The van der Waals surface area contributed by atoms with Gasteiger partial charge in [0.15, 0.2) is 23.4 Å². The fraction of sp³-hybridized carbons (Fsp3) is 0.294. The van der Waals surface area contributed by atoms with E-state index in [0.717, 1.165) is 22.3 Å². The maximum atomic E-state index is 11.4. The number of quaternary nitrogens is 3. The van der Waals surface area contributed by atoms with Gasteiger partial charge in [0.05, 0.1) is 32.5 Å². The van der Waals surface area contributed by atoms with Crippen molar-refractivity contribution in [3.63, 3.8) is 0 Å². The van der Waals surface area contributed by atoms with Crippen molar-refractivity contribution < 1.29 is 55.0 Å². The highest BCUT2D eigenvalue weighted by molar-refractivity contribution is 5.33. The molecule has 8 unspecified atom stereocenters. The normalized spacial score (nSPS) is 23.0. The van der Waals surface area contributed by atoms with Gasteiger partial charge in [0.1, 0.15) is 18.3 Å². The van der Waals surface area contributed by atoms with E-state index in [4.69, 9.17) is 23.7 Å². The molecule has 14 nitrogen and oxygen atoms in total. The van der Waals surface area contributed by atoms with Crippen molar-refractivity contribution in [3.8, 4) is 0 Å². The fourth-order valence-electron chi connectivity index (χ4n) is 5.26. The van der Waals surface area contributed by atoms with Crippen LogP contribution in [0.1, 0.15) is 29.2 Å². The van der Waals surface area contributed by atoms with Crippen molar-refractivity contribution in [1.29, 1.82) is 0 Å². The van der Waals surface area contributed by atoms with Gasteiger partial charge in [0.25, 0.3) is 0 Å². The third kappa shape index (κ3) is 9.70. The second kappa shape index (κ2) is 17.1. The molecule has 0 saturated carbocycles. The topological polar surface area (TPSA) is 189 Å². The van der Waals surface area contributed by atoms with Crippen molar-refractivity contribution in [2.75, 3.05) is 0 Å². The smallest absolute Gasteiger partial charge is 0.187 e. The van der Waals surface area contributed by atoms with Crippen LogP contribution < -0.4 is 15.7 Å². The van der Waals surface area contributed by atoms with Gasteiger partial charge in [0, 0.05) is 36.4 Å². The van der Waals surface area contributed by atoms with E-state index in [1.54, 1.807) is 36.4 Å². The van der Waals surface area contributed by atoms with Crippen LogP contribution in [0.4, 0.5) is 17.1 Å². The van der Waals surface area contributed by atoms with E-state index in [-0.39, 0.29) is 43.5 Å². The lowest BCUT2D eigenvalue weighted by atomic mass is 9.98. The molecule has 1 heterocycles. The predicted molar refractivity (Wildman–Crippen MR) is 168 cm³/mol. The predicted octanol–water partition coefficient (Wildman–Crippen LogP) is 1.91. The molecule has 14 heteroatoms. The molecule has 4 aromatic rings. The largest absolute Gasteiger partial charge is 0.595 e. The molecule has 0 bridgehead atoms. The van der Waals surface area contributed by atoms with Crippen molar-refractivity contribution in [2.45, 2.75) is 64.1 Å². The molecule has 1 saturated heterocycles. The zero-order valence-electron chi connectivity index (χ0n) is 26.1. The highest BCUT2D eigenvalue weighted by atomic mass is 16.8. The van der Waals surface area contributed by atoms with E-state index in [1.165, 1.54) is 36.4 Å². The average molecular weight is 666 g/mol. The first-order valence-corrected chi connectivity index (χ1v) is 15.3. The molecule has 4 aromatic carbocycles. The summed E-state index contributed by atoms with van der Waals surface area (Å²) in [5.41, 5.74) is 3.61. The summed E-state index contributed by atoms with van der Waals surface area (Å²) in [7, 11) is 0. The van der Waals surface area contributed by atoms with Gasteiger partial charge in [-0.1, -0.05) is 66.7 Å². The minimum Gasteiger partial charge on any atom is -0.595 e. The number of hydrogen-bond donors (Lipinski definition) is 6. The quantitative estimate of drug-likeness (QED) is 0.102. The first-order valence-electron chi connectivity index (χ1n) is 15.3. The minimum atomic E-state index is -1.03. The van der Waals surface area contributed by atoms with Gasteiger partial charge in [-0.25, -0.2) is 15.6 Å². The zero-order valence-corrected chi connectivity index (χ0v) is 26.1. The second-order valence-corrected chi connectivity index (χ2v) is 11.3. The number of rotatable bonds is 15. The lowest BCUT2D eigenvalue weighted by molar-refractivity contribution is -0.991. The lowest BCUT2D eigenvalue weighted by Crippen LogP contribution is -2.99. The maximum Gasteiger partial charge on any atom is 0.187 e. The summed E-state index contributed by atoms with van der Waals surface area (Å²) in [6.45, 7) is 2.40. The second-order valence-electron chi connectivity index (χ2n) is 11.3. The van der Waals surface area contributed by atoms with Crippen molar-refractivity contribution in [2.24, 2.45) is 0 Å². The van der Waals surface area contributed by atoms with Gasteiger partial charge in [-0.05, 0) is 29.2 Å². The Balaban J connectivity index is 1.39. The third-order valence-electron chi connectivity index (χ3n) is 7.91. The lowest BCUT2D eigenvalue weighted by Gasteiger charge is -2.45. The van der Waals surface area contributed by atoms with Crippen LogP contribution >= 0.6 is 0 Å². The standard InChI is InChI=1S/C34H39N3O11/c1-23-31(44-20-25-7-13-28(14-8-25)35(38)39)32(45-21-26-9-15-29(16-10-26)36(40)41)33(46-19-24-5-3-2-4-6-24)34(48-23)47-22-27-11-17-30(18-12-27)37(42)43/h2-18,23,31-38,40,42H,19-22H2,1H3. The molecular formula is C34H39N3O11. The van der Waals surface area contributed by atoms with E-state index in [0.29, 0.717) is 0 Å². The Hall–Kier alpha value is -3.68. The molecule has 1 aliphatic rings. The van der Waals surface area contributed by atoms with Crippen LogP contribution in [-0.4, -0.2) is 46.3 Å². The van der Waals surface area contributed by atoms with E-state index in [9.17, 15) is 31.2 Å². The van der Waals surface area contributed by atoms with Crippen LogP contribution in [0.5, 0.6) is 0 Å². The van der Waals surface area contributed by atoms with E-state index in [2.05, 4.69) is 0 Å². The summed E-state index contributed by atoms with van der Waals surface area (Å²) in [4.78, 5) is 0.